The quantitative estimate of drug-likeness (QED) is 0.688. The van der Waals surface area contributed by atoms with E-state index in [4.69, 9.17) is 11.6 Å². The zero-order chi connectivity index (χ0) is 16.4. The van der Waals surface area contributed by atoms with Crippen molar-refractivity contribution < 1.29 is 4.79 Å². The maximum atomic E-state index is 12.3. The second-order valence-electron chi connectivity index (χ2n) is 4.97. The van der Waals surface area contributed by atoms with Crippen molar-refractivity contribution in [2.45, 2.75) is 6.54 Å². The highest BCUT2D eigenvalue weighted by Gasteiger charge is 2.16. The molecule has 0 fully saturated rings. The molecule has 3 rings (SSSR count). The van der Waals surface area contributed by atoms with E-state index in [-0.39, 0.29) is 18.0 Å². The highest BCUT2D eigenvalue weighted by atomic mass is 35.5. The topological polar surface area (TPSA) is 69.8 Å². The van der Waals surface area contributed by atoms with Gasteiger partial charge in [0.05, 0.1) is 0 Å². The van der Waals surface area contributed by atoms with Crippen molar-refractivity contribution in [3.63, 3.8) is 0 Å². The third-order valence-corrected chi connectivity index (χ3v) is 3.65. The van der Waals surface area contributed by atoms with Crippen LogP contribution < -0.4 is 5.69 Å². The summed E-state index contributed by atoms with van der Waals surface area (Å²) in [4.78, 5) is 28.7. The Hall–Kier alpha value is -2.73. The molecule has 0 radical (unpaired) electrons. The number of Topliss-reactive ketones (excluding diaryl/α,β-unsaturated/α-hetero) is 1. The van der Waals surface area contributed by atoms with Crippen LogP contribution in [0.15, 0.2) is 53.5 Å². The van der Waals surface area contributed by atoms with Gasteiger partial charge in [-0.2, -0.15) is 0 Å². The first kappa shape index (κ1) is 15.2. The summed E-state index contributed by atoms with van der Waals surface area (Å²) in [7, 11) is 1.60. The van der Waals surface area contributed by atoms with E-state index < -0.39 is 0 Å². The van der Waals surface area contributed by atoms with Crippen molar-refractivity contribution in [1.82, 2.24) is 19.3 Å². The largest absolute Gasteiger partial charge is 0.346 e. The van der Waals surface area contributed by atoms with Crippen LogP contribution in [-0.2, 0) is 13.6 Å². The number of carbonyl (C=O) groups is 1. The van der Waals surface area contributed by atoms with E-state index in [2.05, 4.69) is 10.1 Å². The van der Waals surface area contributed by atoms with Crippen LogP contribution in [0.3, 0.4) is 0 Å². The molecule has 0 aliphatic heterocycles. The lowest BCUT2D eigenvalue weighted by Crippen LogP contribution is -2.26. The summed E-state index contributed by atoms with van der Waals surface area (Å²) in [5.74, 6) is 0.203. The number of carbonyl (C=O) groups excluding carboxylic acids is 1. The second kappa shape index (κ2) is 6.18. The van der Waals surface area contributed by atoms with Gasteiger partial charge in [0.2, 0.25) is 0 Å². The zero-order valence-electron chi connectivity index (χ0n) is 12.3. The van der Waals surface area contributed by atoms with Crippen molar-refractivity contribution in [2.75, 3.05) is 0 Å². The number of halogens is 1. The Morgan fingerprint density at radius 1 is 1.17 bits per heavy atom. The average Bonchev–Trinajstić information content (AvgIpc) is 2.85. The molecule has 0 N–H and O–H groups in total. The van der Waals surface area contributed by atoms with Crippen LogP contribution in [0.1, 0.15) is 10.4 Å². The van der Waals surface area contributed by atoms with Gasteiger partial charge < -0.3 is 0 Å². The van der Waals surface area contributed by atoms with Gasteiger partial charge in [-0.25, -0.2) is 9.48 Å². The third-order valence-electron chi connectivity index (χ3n) is 3.39. The van der Waals surface area contributed by atoms with Gasteiger partial charge in [0.25, 0.3) is 0 Å². The van der Waals surface area contributed by atoms with Crippen molar-refractivity contribution in [3.8, 4) is 11.5 Å². The Morgan fingerprint density at radius 2 is 1.91 bits per heavy atom. The minimum absolute atomic E-state index is 0.138. The second-order valence-corrected chi connectivity index (χ2v) is 5.40. The Kier molecular flexibility index (Phi) is 4.08. The van der Waals surface area contributed by atoms with E-state index in [1.165, 1.54) is 4.57 Å². The predicted octanol–water partition coefficient (Wildman–Crippen LogP) is 2.18. The molecule has 0 unspecified atom stereocenters. The molecule has 0 bridgehead atoms. The molecule has 1 aromatic carbocycles. The van der Waals surface area contributed by atoms with Crippen molar-refractivity contribution in [2.24, 2.45) is 7.05 Å². The van der Waals surface area contributed by atoms with Crippen molar-refractivity contribution >= 4 is 17.4 Å². The highest BCUT2D eigenvalue weighted by Crippen LogP contribution is 2.12. The Bertz CT molecular complexity index is 898. The molecule has 0 saturated carbocycles. The molecule has 0 atom stereocenters. The minimum atomic E-state index is -0.368. The molecular weight excluding hydrogens is 316 g/mol. The number of nitrogens with zero attached hydrogens (tertiary/aromatic N) is 4. The monoisotopic (exact) mass is 328 g/mol. The zero-order valence-corrected chi connectivity index (χ0v) is 13.1. The molecule has 2 aromatic heterocycles. The Morgan fingerprint density at radius 3 is 2.57 bits per heavy atom. The summed E-state index contributed by atoms with van der Waals surface area (Å²) in [5, 5.41) is 4.77. The molecule has 2 heterocycles. The maximum Gasteiger partial charge on any atom is 0.346 e. The first-order chi connectivity index (χ1) is 11.1. The molecule has 7 heteroatoms. The molecule has 0 aliphatic rings. The Balaban J connectivity index is 1.91. The van der Waals surface area contributed by atoms with E-state index in [1.54, 1.807) is 49.6 Å². The number of rotatable bonds is 4. The van der Waals surface area contributed by atoms with Crippen LogP contribution in [0.5, 0.6) is 0 Å². The SMILES string of the molecule is Cn1c(-c2ccccn2)nn(CC(=O)c2ccc(Cl)cc2)c1=O. The molecule has 0 spiro atoms. The van der Waals surface area contributed by atoms with E-state index in [0.717, 1.165) is 4.68 Å². The summed E-state index contributed by atoms with van der Waals surface area (Å²) in [6.07, 6.45) is 1.62. The maximum absolute atomic E-state index is 12.3. The number of hydrogen-bond donors (Lipinski definition) is 0. The Labute approximate surface area is 137 Å². The van der Waals surface area contributed by atoms with Gasteiger partial charge in [-0.05, 0) is 36.4 Å². The first-order valence-electron chi connectivity index (χ1n) is 6.90. The van der Waals surface area contributed by atoms with Crippen LogP contribution in [0.25, 0.3) is 11.5 Å². The summed E-state index contributed by atoms with van der Waals surface area (Å²) < 4.78 is 2.51. The van der Waals surface area contributed by atoms with Crippen LogP contribution in [0, 0.1) is 0 Å². The lowest BCUT2D eigenvalue weighted by molar-refractivity contribution is 0.0966. The normalized spacial score (nSPS) is 10.7. The molecular formula is C16H13ClN4O2. The summed E-state index contributed by atoms with van der Waals surface area (Å²) in [6.45, 7) is -0.138. The van der Waals surface area contributed by atoms with E-state index in [1.807, 2.05) is 6.07 Å². The number of aromatic nitrogens is 4. The van der Waals surface area contributed by atoms with Crippen molar-refractivity contribution in [1.29, 1.82) is 0 Å². The smallest absolute Gasteiger partial charge is 0.292 e. The predicted molar refractivity (Wildman–Crippen MR) is 86.5 cm³/mol. The van der Waals surface area contributed by atoms with Gasteiger partial charge in [-0.1, -0.05) is 17.7 Å². The summed E-state index contributed by atoms with van der Waals surface area (Å²) in [5.41, 5.74) is 0.684. The molecule has 6 nitrogen and oxygen atoms in total. The molecule has 0 amide bonds. The van der Waals surface area contributed by atoms with E-state index in [9.17, 15) is 9.59 Å². The highest BCUT2D eigenvalue weighted by molar-refractivity contribution is 6.30. The van der Waals surface area contributed by atoms with Crippen LogP contribution in [0.2, 0.25) is 5.02 Å². The fourth-order valence-electron chi connectivity index (χ4n) is 2.17. The number of ketones is 1. The van der Waals surface area contributed by atoms with E-state index >= 15 is 0 Å². The standard InChI is InChI=1S/C16H13ClN4O2/c1-20-15(13-4-2-3-9-18-13)19-21(16(20)23)10-14(22)11-5-7-12(17)8-6-11/h2-9H,10H2,1H3. The van der Waals surface area contributed by atoms with Gasteiger partial charge in [0.1, 0.15) is 12.2 Å². The van der Waals surface area contributed by atoms with Gasteiger partial charge in [0.15, 0.2) is 11.6 Å². The molecule has 0 aliphatic carbocycles. The van der Waals surface area contributed by atoms with Gasteiger partial charge in [-0.3, -0.25) is 14.3 Å². The van der Waals surface area contributed by atoms with Crippen LogP contribution in [0.4, 0.5) is 0 Å². The van der Waals surface area contributed by atoms with Gasteiger partial charge in [-0.15, -0.1) is 5.10 Å². The lowest BCUT2D eigenvalue weighted by atomic mass is 10.1. The summed E-state index contributed by atoms with van der Waals surface area (Å²) >= 11 is 5.80. The number of pyridine rings is 1. The molecule has 23 heavy (non-hydrogen) atoms. The van der Waals surface area contributed by atoms with Crippen molar-refractivity contribution in [3.05, 3.63) is 69.7 Å². The fourth-order valence-corrected chi connectivity index (χ4v) is 2.30. The molecule has 3 aromatic rings. The summed E-state index contributed by atoms with van der Waals surface area (Å²) in [6, 6.07) is 11.9. The van der Waals surface area contributed by atoms with Gasteiger partial charge >= 0.3 is 5.69 Å². The lowest BCUT2D eigenvalue weighted by Gasteiger charge is -2.00. The number of hydrogen-bond acceptors (Lipinski definition) is 4. The minimum Gasteiger partial charge on any atom is -0.292 e. The molecule has 116 valence electrons. The van der Waals surface area contributed by atoms with Crippen LogP contribution >= 0.6 is 11.6 Å². The third kappa shape index (κ3) is 3.07. The fraction of sp³-hybridized carbons (Fsp3) is 0.125. The number of benzene rings is 1. The first-order valence-corrected chi connectivity index (χ1v) is 7.28. The van der Waals surface area contributed by atoms with Crippen LogP contribution in [-0.4, -0.2) is 25.1 Å². The molecule has 0 saturated heterocycles. The van der Waals surface area contributed by atoms with E-state index in [0.29, 0.717) is 22.1 Å². The average molecular weight is 329 g/mol. The van der Waals surface area contributed by atoms with Gasteiger partial charge in [0, 0.05) is 23.8 Å².